The Balaban J connectivity index is 2.53. The molecular formula is C10H19NO3. The molecule has 1 amide bonds. The Morgan fingerprint density at radius 1 is 1.71 bits per heavy atom. The van der Waals surface area contributed by atoms with Crippen LogP contribution < -0.4 is 0 Å². The molecular weight excluding hydrogens is 182 g/mol. The van der Waals surface area contributed by atoms with Gasteiger partial charge in [0.2, 0.25) is 5.91 Å². The van der Waals surface area contributed by atoms with Gasteiger partial charge in [0.25, 0.3) is 0 Å². The molecule has 1 aliphatic rings. The van der Waals surface area contributed by atoms with Crippen LogP contribution in [0.1, 0.15) is 19.8 Å². The average molecular weight is 201 g/mol. The third kappa shape index (κ3) is 2.45. The number of carbonyl (C=O) groups excluding carboxylic acids is 1. The van der Waals surface area contributed by atoms with Gasteiger partial charge in [-0.25, -0.2) is 0 Å². The maximum Gasteiger partial charge on any atom is 0.223 e. The molecule has 0 bridgehead atoms. The van der Waals surface area contributed by atoms with E-state index >= 15 is 0 Å². The number of carbonyl (C=O) groups is 1. The van der Waals surface area contributed by atoms with Crippen LogP contribution in [0.4, 0.5) is 0 Å². The first-order valence-electron chi connectivity index (χ1n) is 5.12. The predicted octanol–water partition coefficient (Wildman–Crippen LogP) is 0.252. The summed E-state index contributed by atoms with van der Waals surface area (Å²) in [5, 5.41) is 8.98. The second-order valence-electron chi connectivity index (χ2n) is 3.82. The molecule has 1 saturated heterocycles. The number of methoxy groups -OCH3 is 1. The molecule has 1 aliphatic heterocycles. The maximum absolute atomic E-state index is 11.6. The molecule has 82 valence electrons. The maximum atomic E-state index is 11.6. The number of aliphatic hydroxyl groups is 1. The lowest BCUT2D eigenvalue weighted by molar-refractivity contribution is -0.130. The summed E-state index contributed by atoms with van der Waals surface area (Å²) in [7, 11) is 1.65. The van der Waals surface area contributed by atoms with E-state index in [4.69, 9.17) is 9.84 Å². The number of nitrogens with zero attached hydrogens (tertiary/aromatic N) is 1. The molecule has 1 N–H and O–H groups in total. The first kappa shape index (κ1) is 11.5. The van der Waals surface area contributed by atoms with Gasteiger partial charge in [0.1, 0.15) is 0 Å². The minimum absolute atomic E-state index is 0.103. The van der Waals surface area contributed by atoms with E-state index in [1.165, 1.54) is 0 Å². The highest BCUT2D eigenvalue weighted by Crippen LogP contribution is 2.21. The number of hydrogen-bond donors (Lipinski definition) is 1. The van der Waals surface area contributed by atoms with Crippen molar-refractivity contribution in [2.24, 2.45) is 5.92 Å². The summed E-state index contributed by atoms with van der Waals surface area (Å²) >= 11 is 0. The van der Waals surface area contributed by atoms with Gasteiger partial charge >= 0.3 is 0 Å². The summed E-state index contributed by atoms with van der Waals surface area (Å²) in [5.74, 6) is 0.265. The Morgan fingerprint density at radius 3 is 2.86 bits per heavy atom. The highest BCUT2D eigenvalue weighted by Gasteiger charge is 2.32. The van der Waals surface area contributed by atoms with E-state index in [0.29, 0.717) is 19.6 Å². The van der Waals surface area contributed by atoms with Crippen molar-refractivity contribution in [3.63, 3.8) is 0 Å². The van der Waals surface area contributed by atoms with Gasteiger partial charge in [0.15, 0.2) is 0 Å². The van der Waals surface area contributed by atoms with Gasteiger partial charge in [-0.3, -0.25) is 4.79 Å². The molecule has 2 unspecified atom stereocenters. The monoisotopic (exact) mass is 201 g/mol. The van der Waals surface area contributed by atoms with Crippen molar-refractivity contribution in [3.05, 3.63) is 0 Å². The van der Waals surface area contributed by atoms with Gasteiger partial charge in [-0.2, -0.15) is 0 Å². The summed E-state index contributed by atoms with van der Waals surface area (Å²) in [4.78, 5) is 13.4. The molecule has 1 heterocycles. The summed E-state index contributed by atoms with van der Waals surface area (Å²) in [6.45, 7) is 3.41. The van der Waals surface area contributed by atoms with Crippen LogP contribution in [0.25, 0.3) is 0 Å². The highest BCUT2D eigenvalue weighted by molar-refractivity contribution is 5.79. The van der Waals surface area contributed by atoms with Crippen molar-refractivity contribution < 1.29 is 14.6 Å². The number of hydrogen-bond acceptors (Lipinski definition) is 3. The van der Waals surface area contributed by atoms with Crippen LogP contribution in [-0.4, -0.2) is 48.8 Å². The number of ether oxygens (including phenoxy) is 1. The molecule has 0 spiro atoms. The van der Waals surface area contributed by atoms with Crippen LogP contribution in [0.15, 0.2) is 0 Å². The van der Waals surface area contributed by atoms with Gasteiger partial charge < -0.3 is 14.7 Å². The van der Waals surface area contributed by atoms with Gasteiger partial charge in [-0.15, -0.1) is 0 Å². The largest absolute Gasteiger partial charge is 0.396 e. The third-order valence-corrected chi connectivity index (χ3v) is 2.77. The molecule has 1 fully saturated rings. The van der Waals surface area contributed by atoms with E-state index in [1.807, 2.05) is 11.8 Å². The lowest BCUT2D eigenvalue weighted by atomic mass is 10.1. The average Bonchev–Trinajstić information content (AvgIpc) is 2.56. The molecule has 0 radical (unpaired) electrons. The number of aliphatic hydroxyl groups excluding tert-OH is 1. The van der Waals surface area contributed by atoms with E-state index in [9.17, 15) is 4.79 Å². The first-order valence-corrected chi connectivity index (χ1v) is 5.12. The molecule has 2 atom stereocenters. The zero-order valence-electron chi connectivity index (χ0n) is 8.90. The molecule has 4 nitrogen and oxygen atoms in total. The third-order valence-electron chi connectivity index (χ3n) is 2.77. The van der Waals surface area contributed by atoms with Crippen molar-refractivity contribution in [2.75, 3.05) is 26.9 Å². The van der Waals surface area contributed by atoms with Gasteiger partial charge in [0, 0.05) is 32.6 Å². The zero-order valence-corrected chi connectivity index (χ0v) is 8.90. The lowest BCUT2D eigenvalue weighted by Crippen LogP contribution is -2.39. The SMILES string of the molecule is CCC(COC)N1CC(CO)CC1=O. The minimum Gasteiger partial charge on any atom is -0.396 e. The molecule has 0 aromatic carbocycles. The molecule has 14 heavy (non-hydrogen) atoms. The Morgan fingerprint density at radius 2 is 2.43 bits per heavy atom. The van der Waals surface area contributed by atoms with Crippen molar-refractivity contribution >= 4 is 5.91 Å². The van der Waals surface area contributed by atoms with Crippen LogP contribution in [-0.2, 0) is 9.53 Å². The van der Waals surface area contributed by atoms with E-state index in [-0.39, 0.29) is 24.5 Å². The second-order valence-corrected chi connectivity index (χ2v) is 3.82. The predicted molar refractivity (Wildman–Crippen MR) is 52.9 cm³/mol. The van der Waals surface area contributed by atoms with Crippen molar-refractivity contribution in [2.45, 2.75) is 25.8 Å². The lowest BCUT2D eigenvalue weighted by Gasteiger charge is -2.26. The Labute approximate surface area is 84.8 Å². The summed E-state index contributed by atoms with van der Waals surface area (Å²) in [5.41, 5.74) is 0. The summed E-state index contributed by atoms with van der Waals surface area (Å²) in [6.07, 6.45) is 1.38. The number of rotatable bonds is 5. The minimum atomic E-state index is 0.103. The van der Waals surface area contributed by atoms with Crippen molar-refractivity contribution in [3.8, 4) is 0 Å². The van der Waals surface area contributed by atoms with Crippen LogP contribution in [0.5, 0.6) is 0 Å². The van der Waals surface area contributed by atoms with Crippen molar-refractivity contribution in [1.82, 2.24) is 4.90 Å². The van der Waals surface area contributed by atoms with E-state index in [0.717, 1.165) is 6.42 Å². The molecule has 0 aromatic heterocycles. The fourth-order valence-electron chi connectivity index (χ4n) is 1.90. The molecule has 4 heteroatoms. The second kappa shape index (κ2) is 5.32. The number of amides is 1. The van der Waals surface area contributed by atoms with Gasteiger partial charge in [-0.05, 0) is 6.42 Å². The fraction of sp³-hybridized carbons (Fsp3) is 0.900. The fourth-order valence-corrected chi connectivity index (χ4v) is 1.90. The van der Waals surface area contributed by atoms with Crippen LogP contribution >= 0.6 is 0 Å². The van der Waals surface area contributed by atoms with E-state index in [1.54, 1.807) is 7.11 Å². The molecule has 0 saturated carbocycles. The van der Waals surface area contributed by atoms with E-state index < -0.39 is 0 Å². The van der Waals surface area contributed by atoms with Gasteiger partial charge in [-0.1, -0.05) is 6.92 Å². The smallest absolute Gasteiger partial charge is 0.223 e. The highest BCUT2D eigenvalue weighted by atomic mass is 16.5. The quantitative estimate of drug-likeness (QED) is 0.693. The number of likely N-dealkylation sites (tertiary alicyclic amines) is 1. The normalized spacial score (nSPS) is 24.4. The Bertz CT molecular complexity index is 196. The Kier molecular flexibility index (Phi) is 4.35. The van der Waals surface area contributed by atoms with Gasteiger partial charge in [0.05, 0.1) is 12.6 Å². The topological polar surface area (TPSA) is 49.8 Å². The summed E-state index contributed by atoms with van der Waals surface area (Å²) < 4.78 is 5.07. The standard InChI is InChI=1S/C10H19NO3/c1-3-9(7-14-2)11-5-8(6-12)4-10(11)13/h8-9,12H,3-7H2,1-2H3. The van der Waals surface area contributed by atoms with Crippen LogP contribution in [0.3, 0.4) is 0 Å². The summed E-state index contributed by atoms with van der Waals surface area (Å²) in [6, 6.07) is 0.170. The molecule has 1 rings (SSSR count). The molecule has 0 aromatic rings. The zero-order chi connectivity index (χ0) is 10.6. The van der Waals surface area contributed by atoms with Crippen LogP contribution in [0.2, 0.25) is 0 Å². The first-order chi connectivity index (χ1) is 6.72. The van der Waals surface area contributed by atoms with E-state index in [2.05, 4.69) is 0 Å². The Hall–Kier alpha value is -0.610. The van der Waals surface area contributed by atoms with Crippen LogP contribution in [0, 0.1) is 5.92 Å². The molecule has 0 aliphatic carbocycles. The van der Waals surface area contributed by atoms with Crippen molar-refractivity contribution in [1.29, 1.82) is 0 Å².